The zero-order valence-electron chi connectivity index (χ0n) is 6.98. The van der Waals surface area contributed by atoms with Crippen molar-refractivity contribution in [3.8, 4) is 0 Å². The topological polar surface area (TPSA) is 12.0 Å². The molecule has 0 aromatic heterocycles. The third-order valence-electron chi connectivity index (χ3n) is 2.04. The van der Waals surface area contributed by atoms with Crippen LogP contribution in [0.1, 0.15) is 12.0 Å². The highest BCUT2D eigenvalue weighted by Crippen LogP contribution is 2.21. The van der Waals surface area contributed by atoms with Gasteiger partial charge in [-0.25, -0.2) is 4.39 Å². The monoisotopic (exact) mass is 197 g/mol. The normalized spacial score (nSPS) is 18.2. The van der Waals surface area contributed by atoms with Gasteiger partial charge in [0.2, 0.25) is 0 Å². The minimum Gasteiger partial charge on any atom is -0.388 e. The zero-order chi connectivity index (χ0) is 9.26. The fraction of sp³-hybridized carbons (Fsp3) is 0.200. The second-order valence-corrected chi connectivity index (χ2v) is 3.42. The van der Waals surface area contributed by atoms with Gasteiger partial charge in [0.25, 0.3) is 0 Å². The van der Waals surface area contributed by atoms with Crippen LogP contribution in [0.2, 0.25) is 5.02 Å². The molecule has 0 radical (unpaired) electrons. The molecule has 13 heavy (non-hydrogen) atoms. The quantitative estimate of drug-likeness (QED) is 0.730. The van der Waals surface area contributed by atoms with E-state index < -0.39 is 0 Å². The Kier molecular flexibility index (Phi) is 2.23. The number of rotatable bonds is 1. The second kappa shape index (κ2) is 3.38. The lowest BCUT2D eigenvalue weighted by Gasteiger charge is -2.19. The fourth-order valence-electron chi connectivity index (χ4n) is 1.20. The van der Waals surface area contributed by atoms with Gasteiger partial charge in [0.05, 0.1) is 5.02 Å². The molecule has 1 aromatic carbocycles. The molecule has 0 aliphatic carbocycles. The molecule has 0 amide bonds. The molecule has 1 aliphatic rings. The number of hydrogen-bond donors (Lipinski definition) is 1. The van der Waals surface area contributed by atoms with Crippen molar-refractivity contribution in [3.05, 3.63) is 40.3 Å². The van der Waals surface area contributed by atoms with E-state index in [-0.39, 0.29) is 5.82 Å². The number of benzene rings is 1. The van der Waals surface area contributed by atoms with Crippen LogP contribution in [0.4, 0.5) is 4.39 Å². The predicted molar refractivity (Wildman–Crippen MR) is 52.0 cm³/mol. The lowest BCUT2D eigenvalue weighted by molar-refractivity contribution is 0.627. The first kappa shape index (κ1) is 8.57. The van der Waals surface area contributed by atoms with Crippen molar-refractivity contribution < 1.29 is 4.39 Å². The van der Waals surface area contributed by atoms with Crippen LogP contribution in [-0.4, -0.2) is 6.54 Å². The summed E-state index contributed by atoms with van der Waals surface area (Å²) in [6.45, 7) is 1.02. The summed E-state index contributed by atoms with van der Waals surface area (Å²) in [6, 6.07) is 4.42. The highest BCUT2D eigenvalue weighted by molar-refractivity contribution is 6.32. The van der Waals surface area contributed by atoms with Crippen LogP contribution >= 0.6 is 11.6 Å². The Balaban J connectivity index is 2.29. The Morgan fingerprint density at radius 2 is 2.23 bits per heavy atom. The van der Waals surface area contributed by atoms with E-state index in [9.17, 15) is 4.39 Å². The lowest BCUT2D eigenvalue weighted by atomic mass is 10.1. The van der Waals surface area contributed by atoms with E-state index >= 15 is 0 Å². The number of nitrogens with one attached hydrogen (secondary N) is 1. The predicted octanol–water partition coefficient (Wildman–Crippen LogP) is 2.81. The van der Waals surface area contributed by atoms with Crippen LogP contribution in [0.5, 0.6) is 0 Å². The number of halogens is 2. The molecule has 68 valence electrons. The molecule has 1 aliphatic heterocycles. The van der Waals surface area contributed by atoms with Crippen molar-refractivity contribution in [2.45, 2.75) is 6.42 Å². The summed E-state index contributed by atoms with van der Waals surface area (Å²) in [5, 5.41) is 3.60. The van der Waals surface area contributed by atoms with Crippen LogP contribution in [0.3, 0.4) is 0 Å². The molecule has 1 N–H and O–H groups in total. The lowest BCUT2D eigenvalue weighted by Crippen LogP contribution is -2.27. The maximum Gasteiger partial charge on any atom is 0.124 e. The molecular formula is C10H9ClFN. The van der Waals surface area contributed by atoms with Gasteiger partial charge in [0.15, 0.2) is 0 Å². The fourth-order valence-corrected chi connectivity index (χ4v) is 1.42. The summed E-state index contributed by atoms with van der Waals surface area (Å²) in [7, 11) is 0. The summed E-state index contributed by atoms with van der Waals surface area (Å²) in [6.07, 6.45) is 3.00. The first-order valence-corrected chi connectivity index (χ1v) is 4.53. The van der Waals surface area contributed by atoms with Crippen molar-refractivity contribution in [2.24, 2.45) is 0 Å². The van der Waals surface area contributed by atoms with E-state index in [4.69, 9.17) is 11.6 Å². The minimum atomic E-state index is -0.297. The van der Waals surface area contributed by atoms with Gasteiger partial charge in [-0.05, 0) is 23.8 Å². The smallest absolute Gasteiger partial charge is 0.124 e. The standard InChI is InChI=1S/C10H9ClFN/c11-10-6-8(12)2-1-7(10)5-9-3-4-13-9/h1-2,5-6,13H,3-4H2. The van der Waals surface area contributed by atoms with Gasteiger partial charge in [-0.1, -0.05) is 17.7 Å². The Labute approximate surface area is 81.2 Å². The average molecular weight is 198 g/mol. The van der Waals surface area contributed by atoms with Crippen molar-refractivity contribution in [1.82, 2.24) is 5.32 Å². The summed E-state index contributed by atoms with van der Waals surface area (Å²) >= 11 is 5.84. The largest absolute Gasteiger partial charge is 0.388 e. The summed E-state index contributed by atoms with van der Waals surface area (Å²) in [5.41, 5.74) is 2.03. The molecule has 0 saturated carbocycles. The molecule has 1 saturated heterocycles. The van der Waals surface area contributed by atoms with E-state index in [1.165, 1.54) is 12.1 Å². The van der Waals surface area contributed by atoms with Crippen LogP contribution in [0.15, 0.2) is 23.9 Å². The zero-order valence-corrected chi connectivity index (χ0v) is 7.74. The van der Waals surface area contributed by atoms with Crippen molar-refractivity contribution in [1.29, 1.82) is 0 Å². The molecule has 1 nitrogen and oxygen atoms in total. The van der Waals surface area contributed by atoms with Crippen LogP contribution < -0.4 is 5.32 Å². The highest BCUT2D eigenvalue weighted by atomic mass is 35.5. The van der Waals surface area contributed by atoms with Gasteiger partial charge in [0.1, 0.15) is 5.82 Å². The Morgan fingerprint density at radius 3 is 2.77 bits per heavy atom. The minimum absolute atomic E-state index is 0.297. The Bertz CT molecular complexity index is 354. The van der Waals surface area contributed by atoms with E-state index in [0.29, 0.717) is 5.02 Å². The first-order chi connectivity index (χ1) is 6.25. The van der Waals surface area contributed by atoms with Gasteiger partial charge in [-0.15, -0.1) is 0 Å². The molecule has 1 fully saturated rings. The Hall–Kier alpha value is -1.02. The molecule has 2 rings (SSSR count). The van der Waals surface area contributed by atoms with E-state index in [1.54, 1.807) is 6.07 Å². The summed E-state index contributed by atoms with van der Waals surface area (Å²) in [5.74, 6) is -0.297. The SMILES string of the molecule is Fc1ccc(C=C2CCN2)c(Cl)c1. The third-order valence-corrected chi connectivity index (χ3v) is 2.37. The highest BCUT2D eigenvalue weighted by Gasteiger charge is 2.07. The average Bonchev–Trinajstić information content (AvgIpc) is 1.99. The van der Waals surface area contributed by atoms with Crippen LogP contribution in [0.25, 0.3) is 6.08 Å². The van der Waals surface area contributed by atoms with E-state index in [0.717, 1.165) is 24.2 Å². The van der Waals surface area contributed by atoms with Gasteiger partial charge in [0, 0.05) is 18.7 Å². The van der Waals surface area contributed by atoms with Crippen molar-refractivity contribution in [3.63, 3.8) is 0 Å². The summed E-state index contributed by atoms with van der Waals surface area (Å²) < 4.78 is 12.7. The molecule has 0 unspecified atom stereocenters. The van der Waals surface area contributed by atoms with Crippen LogP contribution in [0, 0.1) is 5.82 Å². The maximum absolute atomic E-state index is 12.7. The molecule has 1 heterocycles. The van der Waals surface area contributed by atoms with Gasteiger partial charge in [-0.2, -0.15) is 0 Å². The molecule has 1 aromatic rings. The van der Waals surface area contributed by atoms with Gasteiger partial charge in [-0.3, -0.25) is 0 Å². The van der Waals surface area contributed by atoms with Gasteiger partial charge < -0.3 is 5.32 Å². The molecule has 0 atom stereocenters. The molecule has 0 spiro atoms. The third kappa shape index (κ3) is 1.83. The second-order valence-electron chi connectivity index (χ2n) is 3.01. The Morgan fingerprint density at radius 1 is 1.46 bits per heavy atom. The molecular weight excluding hydrogens is 189 g/mol. The van der Waals surface area contributed by atoms with Gasteiger partial charge >= 0.3 is 0 Å². The van der Waals surface area contributed by atoms with Crippen molar-refractivity contribution >= 4 is 17.7 Å². The number of hydrogen-bond acceptors (Lipinski definition) is 1. The molecule has 0 bridgehead atoms. The van der Waals surface area contributed by atoms with Crippen molar-refractivity contribution in [2.75, 3.05) is 6.54 Å². The maximum atomic E-state index is 12.7. The summed E-state index contributed by atoms with van der Waals surface area (Å²) in [4.78, 5) is 0. The van der Waals surface area contributed by atoms with E-state index in [2.05, 4.69) is 5.32 Å². The molecule has 3 heteroatoms. The van der Waals surface area contributed by atoms with E-state index in [1.807, 2.05) is 6.08 Å². The van der Waals surface area contributed by atoms with Crippen LogP contribution in [-0.2, 0) is 0 Å². The first-order valence-electron chi connectivity index (χ1n) is 4.15.